The van der Waals surface area contributed by atoms with Crippen molar-refractivity contribution < 1.29 is 4.79 Å². The summed E-state index contributed by atoms with van der Waals surface area (Å²) in [4.78, 5) is 19.5. The number of hydrogen-bond acceptors (Lipinski definition) is 4. The summed E-state index contributed by atoms with van der Waals surface area (Å²) >= 11 is 0. The van der Waals surface area contributed by atoms with Crippen LogP contribution in [0.2, 0.25) is 0 Å². The van der Waals surface area contributed by atoms with Crippen LogP contribution < -0.4 is 10.6 Å². The van der Waals surface area contributed by atoms with Crippen LogP contribution in [-0.4, -0.2) is 37.3 Å². The lowest BCUT2D eigenvalue weighted by Gasteiger charge is -2.12. The average molecular weight is 467 g/mol. The van der Waals surface area contributed by atoms with Crippen molar-refractivity contribution in [3.05, 3.63) is 113 Å². The van der Waals surface area contributed by atoms with E-state index in [0.717, 1.165) is 39.4 Å². The molecule has 0 radical (unpaired) electrons. The average Bonchev–Trinajstić information content (AvgIpc) is 3.32. The topological polar surface area (TPSA) is 56.7 Å². The van der Waals surface area contributed by atoms with Gasteiger partial charge < -0.3 is 15.5 Å². The molecule has 2 aromatic rings. The van der Waals surface area contributed by atoms with Gasteiger partial charge in [0.15, 0.2) is 0 Å². The third-order valence-corrected chi connectivity index (χ3v) is 5.88. The van der Waals surface area contributed by atoms with Crippen LogP contribution >= 0.6 is 0 Å². The first-order valence-electron chi connectivity index (χ1n) is 11.7. The molecule has 0 atom stereocenters. The standard InChI is InChI=1S/C30H34N4O/c1-7-23(17-18-34(5)6)24-12-10-13-25(19-24)28-15-16-29(33-28)32-26(8-2)20-31-30(35)27-14-9-11-21(3)22(27)4/h7,9-15,17-19H,2,16,20H2,1,3-6H3,(H,31,35)(H,32,33)/b18-17-,23-7+. The van der Waals surface area contributed by atoms with Crippen LogP contribution in [0.15, 0.2) is 89.9 Å². The highest BCUT2D eigenvalue weighted by molar-refractivity contribution is 5.97. The van der Waals surface area contributed by atoms with Gasteiger partial charge in [0.2, 0.25) is 0 Å². The molecule has 0 aromatic heterocycles. The third kappa shape index (κ3) is 6.72. The fraction of sp³-hybridized carbons (Fsp3) is 0.233. The Hall–Kier alpha value is -4.08. The molecule has 0 saturated heterocycles. The van der Waals surface area contributed by atoms with E-state index in [9.17, 15) is 4.79 Å². The Labute approximate surface area is 209 Å². The lowest BCUT2D eigenvalue weighted by atomic mass is 10.0. The Morgan fingerprint density at radius 1 is 1.20 bits per heavy atom. The number of aliphatic imine (C=N–C) groups is 1. The van der Waals surface area contributed by atoms with Crippen molar-refractivity contribution in [3.63, 3.8) is 0 Å². The zero-order valence-electron chi connectivity index (χ0n) is 21.3. The van der Waals surface area contributed by atoms with Crippen molar-refractivity contribution >= 4 is 23.0 Å². The smallest absolute Gasteiger partial charge is 0.251 e. The number of carbonyl (C=O) groups is 1. The maximum atomic E-state index is 12.7. The lowest BCUT2D eigenvalue weighted by molar-refractivity contribution is 0.0956. The molecule has 180 valence electrons. The minimum Gasteiger partial charge on any atom is -0.383 e. The van der Waals surface area contributed by atoms with E-state index in [0.29, 0.717) is 24.2 Å². The van der Waals surface area contributed by atoms with Gasteiger partial charge in [-0.15, -0.1) is 5.73 Å². The Morgan fingerprint density at radius 2 is 1.97 bits per heavy atom. The fourth-order valence-corrected chi connectivity index (χ4v) is 3.72. The van der Waals surface area contributed by atoms with E-state index in [1.165, 1.54) is 0 Å². The van der Waals surface area contributed by atoms with Gasteiger partial charge in [0.25, 0.3) is 5.91 Å². The number of benzene rings is 2. The minimum atomic E-state index is -0.118. The van der Waals surface area contributed by atoms with Gasteiger partial charge in [-0.1, -0.05) is 49.1 Å². The molecule has 0 fully saturated rings. The van der Waals surface area contributed by atoms with Crippen molar-refractivity contribution in [2.24, 2.45) is 4.99 Å². The molecule has 0 aliphatic carbocycles. The molecule has 0 spiro atoms. The van der Waals surface area contributed by atoms with Crippen LogP contribution in [0.5, 0.6) is 0 Å². The molecule has 1 amide bonds. The highest BCUT2D eigenvalue weighted by Gasteiger charge is 2.14. The first kappa shape index (κ1) is 25.5. The molecule has 0 bridgehead atoms. The number of amidine groups is 1. The van der Waals surface area contributed by atoms with Crippen LogP contribution in [0.4, 0.5) is 0 Å². The van der Waals surface area contributed by atoms with Gasteiger partial charge >= 0.3 is 0 Å². The van der Waals surface area contributed by atoms with E-state index in [-0.39, 0.29) is 5.91 Å². The van der Waals surface area contributed by atoms with Crippen molar-refractivity contribution in [1.82, 2.24) is 15.5 Å². The molecule has 3 rings (SSSR count). The Morgan fingerprint density at radius 3 is 2.69 bits per heavy atom. The Balaban J connectivity index is 1.66. The van der Waals surface area contributed by atoms with E-state index < -0.39 is 0 Å². The van der Waals surface area contributed by atoms with Crippen molar-refractivity contribution in [2.75, 3.05) is 20.6 Å². The van der Waals surface area contributed by atoms with Gasteiger partial charge in [-0.25, -0.2) is 4.99 Å². The van der Waals surface area contributed by atoms with Gasteiger partial charge in [0.1, 0.15) is 5.84 Å². The van der Waals surface area contributed by atoms with E-state index in [4.69, 9.17) is 4.99 Å². The summed E-state index contributed by atoms with van der Waals surface area (Å²) in [6.07, 6.45) is 9.02. The molecule has 2 aromatic carbocycles. The van der Waals surface area contributed by atoms with Gasteiger partial charge in [-0.3, -0.25) is 4.79 Å². The van der Waals surface area contributed by atoms with Gasteiger partial charge in [-0.05, 0) is 67.4 Å². The first-order valence-corrected chi connectivity index (χ1v) is 11.7. The van der Waals surface area contributed by atoms with E-state index in [2.05, 4.69) is 65.4 Å². The summed E-state index contributed by atoms with van der Waals surface area (Å²) in [6, 6.07) is 14.1. The number of hydrogen-bond donors (Lipinski definition) is 2. The number of nitrogens with zero attached hydrogens (tertiary/aromatic N) is 2. The number of carbonyl (C=O) groups excluding carboxylic acids is 1. The zero-order valence-corrected chi connectivity index (χ0v) is 21.3. The molecular formula is C30H34N4O. The second-order valence-corrected chi connectivity index (χ2v) is 8.67. The normalized spacial score (nSPS) is 13.2. The highest BCUT2D eigenvalue weighted by atomic mass is 16.1. The summed E-state index contributed by atoms with van der Waals surface area (Å²) < 4.78 is 0. The summed E-state index contributed by atoms with van der Waals surface area (Å²) in [5.74, 6) is 0.684. The monoisotopic (exact) mass is 466 g/mol. The SMILES string of the molecule is C=C=C(CNC(=O)c1cccc(C)c1C)NC1=NC(c2cccc(C(/C=C\N(C)C)=C/C)c2)=CC1. The number of allylic oxidation sites excluding steroid dienone is 3. The summed E-state index contributed by atoms with van der Waals surface area (Å²) in [7, 11) is 4.02. The van der Waals surface area contributed by atoms with Crippen molar-refractivity contribution in [3.8, 4) is 0 Å². The maximum absolute atomic E-state index is 12.7. The molecule has 0 unspecified atom stereocenters. The maximum Gasteiger partial charge on any atom is 0.251 e. The Kier molecular flexibility index (Phi) is 8.66. The molecule has 2 N–H and O–H groups in total. The lowest BCUT2D eigenvalue weighted by Crippen LogP contribution is -2.32. The number of nitrogens with one attached hydrogen (secondary N) is 2. The number of amides is 1. The molecule has 5 nitrogen and oxygen atoms in total. The van der Waals surface area contributed by atoms with Crippen molar-refractivity contribution in [1.29, 1.82) is 0 Å². The van der Waals surface area contributed by atoms with Gasteiger partial charge in [0.05, 0.1) is 17.9 Å². The molecule has 1 aliphatic heterocycles. The predicted octanol–water partition coefficient (Wildman–Crippen LogP) is 5.61. The van der Waals surface area contributed by atoms with Crippen LogP contribution in [0.3, 0.4) is 0 Å². The molecule has 0 saturated carbocycles. The molecule has 35 heavy (non-hydrogen) atoms. The van der Waals surface area contributed by atoms with E-state index >= 15 is 0 Å². The highest BCUT2D eigenvalue weighted by Crippen LogP contribution is 2.26. The first-order chi connectivity index (χ1) is 16.8. The molecule has 1 aliphatic rings. The quantitative estimate of drug-likeness (QED) is 0.393. The van der Waals surface area contributed by atoms with E-state index in [1.54, 1.807) is 0 Å². The fourth-order valence-electron chi connectivity index (χ4n) is 3.72. The van der Waals surface area contributed by atoms with Crippen LogP contribution in [0.25, 0.3) is 11.3 Å². The molecule has 5 heteroatoms. The predicted molar refractivity (Wildman–Crippen MR) is 147 cm³/mol. The van der Waals surface area contributed by atoms with Crippen LogP contribution in [0, 0.1) is 13.8 Å². The largest absolute Gasteiger partial charge is 0.383 e. The minimum absolute atomic E-state index is 0.118. The number of rotatable bonds is 8. The van der Waals surface area contributed by atoms with Gasteiger partial charge in [-0.2, -0.15) is 0 Å². The Bertz CT molecular complexity index is 1270. The van der Waals surface area contributed by atoms with Crippen LogP contribution in [0.1, 0.15) is 46.0 Å². The van der Waals surface area contributed by atoms with Gasteiger partial charge in [0, 0.05) is 31.6 Å². The summed E-state index contributed by atoms with van der Waals surface area (Å²) in [5, 5.41) is 6.23. The number of aryl methyl sites for hydroxylation is 1. The summed E-state index contributed by atoms with van der Waals surface area (Å²) in [5.41, 5.74) is 10.6. The zero-order chi connectivity index (χ0) is 25.4. The van der Waals surface area contributed by atoms with E-state index in [1.807, 2.05) is 64.2 Å². The second kappa shape index (κ2) is 11.9. The van der Waals surface area contributed by atoms with Crippen molar-refractivity contribution in [2.45, 2.75) is 27.2 Å². The second-order valence-electron chi connectivity index (χ2n) is 8.67. The third-order valence-electron chi connectivity index (χ3n) is 5.88. The van der Waals surface area contributed by atoms with Crippen LogP contribution in [-0.2, 0) is 0 Å². The molecular weight excluding hydrogens is 432 g/mol. The summed E-state index contributed by atoms with van der Waals surface area (Å²) in [6.45, 7) is 10.1. The molecule has 1 heterocycles.